The normalized spacial score (nSPS) is 17.3. The molecule has 0 aromatic heterocycles. The molecule has 0 saturated carbocycles. The third kappa shape index (κ3) is 8.35. The summed E-state index contributed by atoms with van der Waals surface area (Å²) in [7, 11) is 0. The van der Waals surface area contributed by atoms with Gasteiger partial charge in [-0.15, -0.1) is 0 Å². The average molecular weight is 687 g/mol. The van der Waals surface area contributed by atoms with Crippen molar-refractivity contribution >= 4 is 29.3 Å². The van der Waals surface area contributed by atoms with Crippen LogP contribution in [0.2, 0.25) is 10.0 Å². The highest BCUT2D eigenvalue weighted by Crippen LogP contribution is 2.44. The van der Waals surface area contributed by atoms with Gasteiger partial charge in [0.1, 0.15) is 19.0 Å². The van der Waals surface area contributed by atoms with Crippen molar-refractivity contribution in [3.05, 3.63) is 123 Å². The Balaban J connectivity index is 1.12. The van der Waals surface area contributed by atoms with Gasteiger partial charge in [0.15, 0.2) is 0 Å². The molecule has 0 unspecified atom stereocenters. The number of hydrogen-bond acceptors (Lipinski definition) is 5. The average Bonchev–Trinajstić information content (AvgIpc) is 3.35. The van der Waals surface area contributed by atoms with Crippen molar-refractivity contribution in [2.24, 2.45) is 0 Å². The molecule has 0 bridgehead atoms. The molecule has 1 heterocycles. The van der Waals surface area contributed by atoms with Gasteiger partial charge in [-0.3, -0.25) is 0 Å². The van der Waals surface area contributed by atoms with Gasteiger partial charge >= 0.3 is 6.09 Å². The summed E-state index contributed by atoms with van der Waals surface area (Å²) in [6, 6.07) is 30.3. The number of rotatable bonds is 11. The Labute approximate surface area is 294 Å². The zero-order chi connectivity index (χ0) is 33.9. The number of ether oxygens (including phenoxy) is 2. The third-order valence-electron chi connectivity index (χ3n) is 9.36. The first-order valence-corrected chi connectivity index (χ1v) is 17.5. The number of hydrogen-bond donors (Lipinski definition) is 3. The third-order valence-corrected chi connectivity index (χ3v) is 10.1. The maximum Gasteiger partial charge on any atom is 0.407 e. The molecule has 4 aromatic rings. The molecule has 3 N–H and O–H groups in total. The van der Waals surface area contributed by atoms with Crippen LogP contribution in [0.15, 0.2) is 91.0 Å². The fourth-order valence-electron chi connectivity index (χ4n) is 7.59. The summed E-state index contributed by atoms with van der Waals surface area (Å²) in [5, 5.41) is 11.9. The second kappa shape index (κ2) is 14.5. The fraction of sp³-hybridized carbons (Fsp3) is 0.375. The van der Waals surface area contributed by atoms with Gasteiger partial charge < -0.3 is 25.4 Å². The Morgan fingerprint density at radius 3 is 2.02 bits per heavy atom. The minimum absolute atomic E-state index is 0.00659. The Morgan fingerprint density at radius 2 is 1.42 bits per heavy atom. The smallest absolute Gasteiger partial charge is 0.407 e. The first kappa shape index (κ1) is 34.3. The molecule has 4 aromatic carbocycles. The molecule has 2 aliphatic rings. The predicted octanol–water partition coefficient (Wildman–Crippen LogP) is 8.92. The maximum absolute atomic E-state index is 13.4. The summed E-state index contributed by atoms with van der Waals surface area (Å²) < 4.78 is 11.9. The van der Waals surface area contributed by atoms with Gasteiger partial charge in [-0.25, -0.2) is 4.79 Å². The summed E-state index contributed by atoms with van der Waals surface area (Å²) in [4.78, 5) is 13.4. The van der Waals surface area contributed by atoms with Crippen LogP contribution in [0.1, 0.15) is 68.7 Å². The molecule has 1 aliphatic carbocycles. The first-order valence-electron chi connectivity index (χ1n) is 16.8. The number of halogens is 2. The van der Waals surface area contributed by atoms with E-state index in [2.05, 4.69) is 80.0 Å². The maximum atomic E-state index is 13.4. The molecule has 1 aliphatic heterocycles. The number of carbonyl (C=O) groups is 1. The molecule has 6 rings (SSSR count). The van der Waals surface area contributed by atoms with E-state index in [-0.39, 0.29) is 36.3 Å². The van der Waals surface area contributed by atoms with E-state index in [1.54, 1.807) is 12.1 Å². The Morgan fingerprint density at radius 1 is 0.833 bits per heavy atom. The van der Waals surface area contributed by atoms with Gasteiger partial charge in [-0.1, -0.05) is 89.9 Å². The number of piperidine rings is 1. The highest BCUT2D eigenvalue weighted by atomic mass is 35.5. The summed E-state index contributed by atoms with van der Waals surface area (Å²) in [6.07, 6.45) is 2.21. The minimum Gasteiger partial charge on any atom is -0.489 e. The van der Waals surface area contributed by atoms with E-state index in [0.717, 1.165) is 24.0 Å². The van der Waals surface area contributed by atoms with Crippen molar-refractivity contribution in [1.82, 2.24) is 16.0 Å². The van der Waals surface area contributed by atoms with E-state index in [9.17, 15) is 4.79 Å². The number of carbonyl (C=O) groups excluding carboxylic acids is 1. The topological polar surface area (TPSA) is 71.6 Å². The zero-order valence-electron chi connectivity index (χ0n) is 28.1. The molecule has 6 nitrogen and oxygen atoms in total. The highest BCUT2D eigenvalue weighted by Gasteiger charge is 2.37. The standard InChI is InChI=1S/C40H45Cl2N3O3/c1-39(2)21-28(22-40(3,4)45-39)43-23-27(20-26-16-18-29(19-17-26)47-25-35-36(41)14-9-15-37(35)42)44-38(46)48-24-34-32-12-7-5-10-30(32)31-11-6-8-13-33(31)34/h5-19,27-28,34,43,45H,20-25H2,1-4H3,(H,44,46)/t27-/m0/s1. The largest absolute Gasteiger partial charge is 0.489 e. The van der Waals surface area contributed by atoms with E-state index in [0.29, 0.717) is 34.8 Å². The van der Waals surface area contributed by atoms with Crippen LogP contribution in [0.25, 0.3) is 11.1 Å². The van der Waals surface area contributed by atoms with Crippen molar-refractivity contribution < 1.29 is 14.3 Å². The van der Waals surface area contributed by atoms with E-state index in [1.165, 1.54) is 22.3 Å². The van der Waals surface area contributed by atoms with Crippen molar-refractivity contribution in [3.8, 4) is 16.9 Å². The van der Waals surface area contributed by atoms with Crippen LogP contribution in [-0.4, -0.2) is 42.4 Å². The molecule has 48 heavy (non-hydrogen) atoms. The molecule has 1 amide bonds. The van der Waals surface area contributed by atoms with Crippen LogP contribution in [0.5, 0.6) is 5.75 Å². The van der Waals surface area contributed by atoms with Crippen LogP contribution in [-0.2, 0) is 17.8 Å². The fourth-order valence-corrected chi connectivity index (χ4v) is 8.10. The monoisotopic (exact) mass is 685 g/mol. The van der Waals surface area contributed by atoms with Crippen molar-refractivity contribution in [2.45, 2.75) is 82.6 Å². The summed E-state index contributed by atoms with van der Waals surface area (Å²) in [5.74, 6) is 0.722. The van der Waals surface area contributed by atoms with Gasteiger partial charge in [-0.2, -0.15) is 0 Å². The van der Waals surface area contributed by atoms with E-state index in [4.69, 9.17) is 32.7 Å². The molecular formula is C40H45Cl2N3O3. The second-order valence-electron chi connectivity index (χ2n) is 14.4. The van der Waals surface area contributed by atoms with Gasteiger partial charge in [0.25, 0.3) is 0 Å². The minimum atomic E-state index is -0.411. The van der Waals surface area contributed by atoms with Gasteiger partial charge in [-0.05, 0) is 99.0 Å². The lowest BCUT2D eigenvalue weighted by molar-refractivity contribution is 0.133. The molecule has 1 atom stereocenters. The molecular weight excluding hydrogens is 641 g/mol. The number of alkyl carbamates (subject to hydrolysis) is 1. The van der Waals surface area contributed by atoms with Crippen molar-refractivity contribution in [1.29, 1.82) is 0 Å². The Bertz CT molecular complexity index is 1660. The van der Waals surface area contributed by atoms with Crippen LogP contribution in [0, 0.1) is 0 Å². The lowest BCUT2D eigenvalue weighted by Crippen LogP contribution is -2.62. The Hall–Kier alpha value is -3.55. The van der Waals surface area contributed by atoms with Crippen LogP contribution in [0.4, 0.5) is 4.79 Å². The second-order valence-corrected chi connectivity index (χ2v) is 15.2. The molecule has 252 valence electrons. The van der Waals surface area contributed by atoms with Gasteiger partial charge in [0.2, 0.25) is 0 Å². The van der Waals surface area contributed by atoms with E-state index >= 15 is 0 Å². The quantitative estimate of drug-likeness (QED) is 0.147. The summed E-state index contributed by atoms with van der Waals surface area (Å²) in [5.41, 5.74) is 6.67. The molecule has 0 radical (unpaired) electrons. The molecule has 0 spiro atoms. The first-order chi connectivity index (χ1) is 23.0. The predicted molar refractivity (Wildman–Crippen MR) is 195 cm³/mol. The Kier molecular flexibility index (Phi) is 10.4. The molecule has 1 fully saturated rings. The van der Waals surface area contributed by atoms with Gasteiger partial charge in [0.05, 0.1) is 0 Å². The number of nitrogens with one attached hydrogen (secondary N) is 3. The number of amides is 1. The van der Waals surface area contributed by atoms with Gasteiger partial charge in [0, 0.05) is 51.2 Å². The molecule has 8 heteroatoms. The van der Waals surface area contributed by atoms with Crippen LogP contribution >= 0.6 is 23.2 Å². The van der Waals surface area contributed by atoms with Crippen molar-refractivity contribution in [3.63, 3.8) is 0 Å². The van der Waals surface area contributed by atoms with Crippen LogP contribution in [0.3, 0.4) is 0 Å². The van der Waals surface area contributed by atoms with E-state index in [1.807, 2.05) is 42.5 Å². The number of fused-ring (bicyclic) bond motifs is 3. The van der Waals surface area contributed by atoms with Crippen LogP contribution < -0.4 is 20.7 Å². The summed E-state index contributed by atoms with van der Waals surface area (Å²) >= 11 is 12.6. The lowest BCUT2D eigenvalue weighted by atomic mass is 9.79. The molecule has 1 saturated heterocycles. The summed E-state index contributed by atoms with van der Waals surface area (Å²) in [6.45, 7) is 10.2. The lowest BCUT2D eigenvalue weighted by Gasteiger charge is -2.47. The SMILES string of the molecule is CC1(C)CC(NC[C@H](Cc2ccc(OCc3c(Cl)cccc3Cl)cc2)NC(=O)OCC2c3ccccc3-c3ccccc32)CC(C)(C)N1. The zero-order valence-corrected chi connectivity index (χ0v) is 29.6. The van der Waals surface area contributed by atoms with E-state index < -0.39 is 6.09 Å². The highest BCUT2D eigenvalue weighted by molar-refractivity contribution is 6.35. The van der Waals surface area contributed by atoms with Crippen molar-refractivity contribution in [2.75, 3.05) is 13.2 Å². The number of benzene rings is 4.